The SMILES string of the molecule is CCOC(=O)C1=NN[C@H]2C(=O)N(c3ccc(C)cc3C)C(=O)[C@H]12. The van der Waals surface area contributed by atoms with Crippen molar-refractivity contribution >= 4 is 29.2 Å². The van der Waals surface area contributed by atoms with Gasteiger partial charge >= 0.3 is 5.97 Å². The molecule has 2 amide bonds. The van der Waals surface area contributed by atoms with Crippen LogP contribution in [-0.2, 0) is 19.1 Å². The Morgan fingerprint density at radius 3 is 2.70 bits per heavy atom. The van der Waals surface area contributed by atoms with E-state index in [1.165, 1.54) is 0 Å². The van der Waals surface area contributed by atoms with Gasteiger partial charge in [0, 0.05) is 0 Å². The Hall–Kier alpha value is -2.70. The van der Waals surface area contributed by atoms with Crippen molar-refractivity contribution in [3.05, 3.63) is 29.3 Å². The number of anilines is 1. The van der Waals surface area contributed by atoms with E-state index in [1.54, 1.807) is 13.0 Å². The Morgan fingerprint density at radius 2 is 2.04 bits per heavy atom. The molecule has 0 radical (unpaired) electrons. The molecule has 2 atom stereocenters. The third kappa shape index (κ3) is 2.28. The molecule has 0 saturated carbocycles. The number of nitrogens with one attached hydrogen (secondary N) is 1. The van der Waals surface area contributed by atoms with Crippen LogP contribution in [0.4, 0.5) is 5.69 Å². The first-order valence-corrected chi connectivity index (χ1v) is 7.41. The molecular weight excluding hydrogens is 298 g/mol. The van der Waals surface area contributed by atoms with Crippen LogP contribution in [0.2, 0.25) is 0 Å². The lowest BCUT2D eigenvalue weighted by Gasteiger charge is -2.18. The second kappa shape index (κ2) is 5.49. The van der Waals surface area contributed by atoms with Gasteiger partial charge in [0.15, 0.2) is 5.71 Å². The van der Waals surface area contributed by atoms with Gasteiger partial charge in [-0.05, 0) is 32.4 Å². The number of carbonyl (C=O) groups is 3. The van der Waals surface area contributed by atoms with Gasteiger partial charge in [-0.25, -0.2) is 9.69 Å². The molecule has 1 saturated heterocycles. The van der Waals surface area contributed by atoms with Gasteiger partial charge in [0.05, 0.1) is 12.3 Å². The number of amides is 2. The van der Waals surface area contributed by atoms with Crippen molar-refractivity contribution in [3.63, 3.8) is 0 Å². The van der Waals surface area contributed by atoms with E-state index in [9.17, 15) is 14.4 Å². The summed E-state index contributed by atoms with van der Waals surface area (Å²) < 4.78 is 4.91. The van der Waals surface area contributed by atoms with Crippen LogP contribution in [0.15, 0.2) is 23.3 Å². The van der Waals surface area contributed by atoms with Crippen LogP contribution in [0, 0.1) is 19.8 Å². The minimum atomic E-state index is -0.928. The largest absolute Gasteiger partial charge is 0.461 e. The maximum absolute atomic E-state index is 12.7. The Bertz CT molecular complexity index is 741. The third-order valence-electron chi connectivity index (χ3n) is 4.00. The molecular formula is C16H17N3O4. The Balaban J connectivity index is 1.95. The number of imide groups is 1. The van der Waals surface area contributed by atoms with E-state index in [4.69, 9.17) is 4.74 Å². The summed E-state index contributed by atoms with van der Waals surface area (Å²) >= 11 is 0. The topological polar surface area (TPSA) is 88.1 Å². The molecule has 3 rings (SSSR count). The standard InChI is InChI=1S/C16H17N3O4/c1-4-23-16(22)13-11-12(17-18-13)15(21)19(14(11)20)10-6-5-8(2)7-9(10)3/h5-7,11-12,17H,4H2,1-3H3/t11-,12+/m0/s1. The number of ether oxygens (including phenoxy) is 1. The first kappa shape index (κ1) is 15.2. The quantitative estimate of drug-likeness (QED) is 0.655. The molecule has 2 aliphatic heterocycles. The Labute approximate surface area is 133 Å². The van der Waals surface area contributed by atoms with Crippen molar-refractivity contribution in [2.45, 2.75) is 26.8 Å². The van der Waals surface area contributed by atoms with Crippen molar-refractivity contribution in [2.24, 2.45) is 11.0 Å². The molecule has 7 nitrogen and oxygen atoms in total. The summed E-state index contributed by atoms with van der Waals surface area (Å²) in [5.41, 5.74) is 4.95. The van der Waals surface area contributed by atoms with Gasteiger partial charge in [-0.3, -0.25) is 15.0 Å². The predicted molar refractivity (Wildman–Crippen MR) is 82.9 cm³/mol. The lowest BCUT2D eigenvalue weighted by molar-refractivity contribution is -0.136. The number of fused-ring (bicyclic) bond motifs is 1. The van der Waals surface area contributed by atoms with E-state index >= 15 is 0 Å². The number of hydrazone groups is 1. The predicted octanol–water partition coefficient (Wildman–Crippen LogP) is 0.684. The van der Waals surface area contributed by atoms with Crippen molar-refractivity contribution < 1.29 is 19.1 Å². The number of benzene rings is 1. The molecule has 1 fully saturated rings. The fraction of sp³-hybridized carbons (Fsp3) is 0.375. The zero-order valence-electron chi connectivity index (χ0n) is 13.1. The molecule has 7 heteroatoms. The summed E-state index contributed by atoms with van der Waals surface area (Å²) in [4.78, 5) is 38.4. The fourth-order valence-corrected chi connectivity index (χ4v) is 2.96. The highest BCUT2D eigenvalue weighted by Gasteiger charge is 2.55. The Kier molecular flexibility index (Phi) is 3.63. The smallest absolute Gasteiger partial charge is 0.355 e. The molecule has 120 valence electrons. The van der Waals surface area contributed by atoms with Crippen LogP contribution >= 0.6 is 0 Å². The number of esters is 1. The normalized spacial score (nSPS) is 22.7. The summed E-state index contributed by atoms with van der Waals surface area (Å²) in [6, 6.07) is 4.63. The van der Waals surface area contributed by atoms with Crippen LogP contribution < -0.4 is 10.3 Å². The summed E-state index contributed by atoms with van der Waals surface area (Å²) in [7, 11) is 0. The second-order valence-electron chi connectivity index (χ2n) is 5.60. The molecule has 23 heavy (non-hydrogen) atoms. The highest BCUT2D eigenvalue weighted by Crippen LogP contribution is 2.32. The maximum atomic E-state index is 12.7. The number of carbonyl (C=O) groups excluding carboxylic acids is 3. The third-order valence-corrected chi connectivity index (χ3v) is 4.00. The van der Waals surface area contributed by atoms with Gasteiger partial charge in [-0.1, -0.05) is 17.7 Å². The van der Waals surface area contributed by atoms with Gasteiger partial charge < -0.3 is 4.74 Å². The number of nitrogens with zero attached hydrogens (tertiary/aromatic N) is 2. The lowest BCUT2D eigenvalue weighted by Crippen LogP contribution is -2.36. The minimum Gasteiger partial charge on any atom is -0.461 e. The highest BCUT2D eigenvalue weighted by atomic mass is 16.5. The number of hydrogen-bond donors (Lipinski definition) is 1. The highest BCUT2D eigenvalue weighted by molar-refractivity contribution is 6.46. The van der Waals surface area contributed by atoms with Crippen LogP contribution in [-0.4, -0.2) is 36.1 Å². The fourth-order valence-electron chi connectivity index (χ4n) is 2.96. The van der Waals surface area contributed by atoms with Crippen molar-refractivity contribution in [1.29, 1.82) is 0 Å². The van der Waals surface area contributed by atoms with E-state index in [0.717, 1.165) is 16.0 Å². The average Bonchev–Trinajstić information content (AvgIpc) is 3.02. The van der Waals surface area contributed by atoms with E-state index in [0.29, 0.717) is 5.69 Å². The van der Waals surface area contributed by atoms with Crippen molar-refractivity contribution in [1.82, 2.24) is 5.43 Å². The van der Waals surface area contributed by atoms with Crippen LogP contribution in [0.5, 0.6) is 0 Å². The second-order valence-corrected chi connectivity index (χ2v) is 5.60. The van der Waals surface area contributed by atoms with Gasteiger partial charge in [-0.15, -0.1) is 0 Å². The van der Waals surface area contributed by atoms with E-state index in [-0.39, 0.29) is 12.3 Å². The molecule has 1 aromatic rings. The summed E-state index contributed by atoms with van der Waals surface area (Å²) in [6.07, 6.45) is 0. The van der Waals surface area contributed by atoms with Crippen molar-refractivity contribution in [2.75, 3.05) is 11.5 Å². The minimum absolute atomic E-state index is 0.0394. The molecule has 2 aliphatic rings. The monoisotopic (exact) mass is 315 g/mol. The van der Waals surface area contributed by atoms with Gasteiger partial charge in [-0.2, -0.15) is 5.10 Å². The van der Waals surface area contributed by atoms with E-state index in [1.807, 2.05) is 26.0 Å². The maximum Gasteiger partial charge on any atom is 0.355 e. The van der Waals surface area contributed by atoms with Crippen molar-refractivity contribution in [3.8, 4) is 0 Å². The number of aryl methyl sites for hydroxylation is 2. The average molecular weight is 315 g/mol. The summed E-state index contributed by atoms with van der Waals surface area (Å²) in [6.45, 7) is 5.62. The van der Waals surface area contributed by atoms with Gasteiger partial charge in [0.2, 0.25) is 5.91 Å². The molecule has 1 N–H and O–H groups in total. The molecule has 0 aliphatic carbocycles. The molecule has 0 spiro atoms. The van der Waals surface area contributed by atoms with E-state index in [2.05, 4.69) is 10.5 Å². The first-order valence-electron chi connectivity index (χ1n) is 7.41. The van der Waals surface area contributed by atoms with Crippen LogP contribution in [0.3, 0.4) is 0 Å². The zero-order chi connectivity index (χ0) is 16.7. The lowest BCUT2D eigenvalue weighted by atomic mass is 9.99. The molecule has 0 bridgehead atoms. The van der Waals surface area contributed by atoms with Crippen LogP contribution in [0.1, 0.15) is 18.1 Å². The van der Waals surface area contributed by atoms with E-state index < -0.39 is 29.7 Å². The molecule has 0 aromatic heterocycles. The number of rotatable bonds is 3. The first-order chi connectivity index (χ1) is 11.0. The molecule has 2 heterocycles. The number of hydrogen-bond acceptors (Lipinski definition) is 6. The zero-order valence-corrected chi connectivity index (χ0v) is 13.1. The molecule has 0 unspecified atom stereocenters. The van der Waals surface area contributed by atoms with Gasteiger partial charge in [0.25, 0.3) is 5.91 Å². The van der Waals surface area contributed by atoms with Gasteiger partial charge in [0.1, 0.15) is 12.0 Å². The molecule has 1 aromatic carbocycles. The Morgan fingerprint density at radius 1 is 1.30 bits per heavy atom. The summed E-state index contributed by atoms with van der Waals surface area (Å²) in [5.74, 6) is -2.46. The summed E-state index contributed by atoms with van der Waals surface area (Å²) in [5, 5.41) is 3.83. The van der Waals surface area contributed by atoms with Crippen LogP contribution in [0.25, 0.3) is 0 Å².